The van der Waals surface area contributed by atoms with Gasteiger partial charge in [0.2, 0.25) is 0 Å². The Bertz CT molecular complexity index is 276. The first-order chi connectivity index (χ1) is 6.51. The first kappa shape index (κ1) is 12.0. The predicted molar refractivity (Wildman–Crippen MR) is 61.3 cm³/mol. The monoisotopic (exact) mass is 251 g/mol. The summed E-state index contributed by atoms with van der Waals surface area (Å²) in [6.07, 6.45) is 2.25. The Hall–Kier alpha value is -0.110. The van der Waals surface area contributed by atoms with Gasteiger partial charge < -0.3 is 4.74 Å². The van der Waals surface area contributed by atoms with E-state index in [4.69, 9.17) is 39.5 Å². The Labute approximate surface area is 98.9 Å². The molecule has 0 aromatic heterocycles. The summed E-state index contributed by atoms with van der Waals surface area (Å²) in [6, 6.07) is 7.63. The van der Waals surface area contributed by atoms with Crippen molar-refractivity contribution in [2.45, 2.75) is 10.2 Å². The van der Waals surface area contributed by atoms with E-state index in [1.54, 1.807) is 13.5 Å². The highest BCUT2D eigenvalue weighted by Gasteiger charge is 2.19. The second kappa shape index (κ2) is 5.11. The number of methoxy groups -OCH3 is 1. The summed E-state index contributed by atoms with van der Waals surface area (Å²) in [5.41, 5.74) is 1.08. The third-order valence-electron chi connectivity index (χ3n) is 1.73. The van der Waals surface area contributed by atoms with E-state index in [1.165, 1.54) is 0 Å². The summed E-state index contributed by atoms with van der Waals surface area (Å²) in [5, 5.41) is 0. The lowest BCUT2D eigenvalue weighted by Gasteiger charge is -2.09. The average molecular weight is 253 g/mol. The van der Waals surface area contributed by atoms with Crippen molar-refractivity contribution in [1.29, 1.82) is 0 Å². The molecule has 0 N–H and O–H groups in total. The molecule has 0 saturated carbocycles. The largest absolute Gasteiger partial charge is 0.497 e. The van der Waals surface area contributed by atoms with Crippen LogP contribution in [0.2, 0.25) is 0 Å². The molecule has 0 spiro atoms. The van der Waals surface area contributed by atoms with Crippen LogP contribution in [0.4, 0.5) is 0 Å². The van der Waals surface area contributed by atoms with Gasteiger partial charge in [0, 0.05) is 6.42 Å². The molecule has 1 rings (SSSR count). The molecule has 0 atom stereocenters. The van der Waals surface area contributed by atoms with E-state index in [0.717, 1.165) is 11.3 Å². The van der Waals surface area contributed by atoms with E-state index in [2.05, 4.69) is 0 Å². The molecule has 0 heterocycles. The van der Waals surface area contributed by atoms with Crippen molar-refractivity contribution in [3.8, 4) is 5.75 Å². The van der Waals surface area contributed by atoms with Crippen molar-refractivity contribution in [2.24, 2.45) is 0 Å². The highest BCUT2D eigenvalue weighted by atomic mass is 35.6. The molecule has 0 fully saturated rings. The van der Waals surface area contributed by atoms with Crippen LogP contribution < -0.4 is 4.74 Å². The van der Waals surface area contributed by atoms with Gasteiger partial charge in [0.15, 0.2) is 3.79 Å². The molecule has 0 unspecified atom stereocenters. The lowest BCUT2D eigenvalue weighted by Crippen LogP contribution is -2.04. The van der Waals surface area contributed by atoms with Gasteiger partial charge in [-0.25, -0.2) is 0 Å². The predicted octanol–water partition coefficient (Wildman–Crippen LogP) is 3.81. The number of rotatable bonds is 3. The van der Waals surface area contributed by atoms with Crippen LogP contribution in [0.25, 0.3) is 0 Å². The normalized spacial score (nSPS) is 11.4. The van der Waals surface area contributed by atoms with E-state index < -0.39 is 3.79 Å². The molecule has 1 aromatic rings. The maximum absolute atomic E-state index is 5.59. The molecule has 4 heteroatoms. The number of ether oxygens (including phenoxy) is 1. The Morgan fingerprint density at radius 1 is 1.21 bits per heavy atom. The fourth-order valence-electron chi connectivity index (χ4n) is 0.995. The molecule has 0 amide bonds. The number of hydrogen-bond acceptors (Lipinski definition) is 1. The Kier molecular flexibility index (Phi) is 4.36. The van der Waals surface area contributed by atoms with Crippen molar-refractivity contribution >= 4 is 34.8 Å². The fraction of sp³-hybridized carbons (Fsp3) is 0.300. The molecule has 1 nitrogen and oxygen atoms in total. The molecule has 1 aromatic carbocycles. The van der Waals surface area contributed by atoms with E-state index >= 15 is 0 Å². The van der Waals surface area contributed by atoms with Crippen LogP contribution in [-0.2, 0) is 6.42 Å². The van der Waals surface area contributed by atoms with Crippen LogP contribution in [0.5, 0.6) is 5.75 Å². The topological polar surface area (TPSA) is 9.23 Å². The third-order valence-corrected chi connectivity index (χ3v) is 2.19. The molecular weight excluding hydrogens is 242 g/mol. The summed E-state index contributed by atoms with van der Waals surface area (Å²) < 4.78 is 3.73. The SMILES string of the molecule is COc1ccc(C[CH]C(Cl)(Cl)Cl)cc1. The maximum Gasteiger partial charge on any atom is 0.194 e. The second-order valence-corrected chi connectivity index (χ2v) is 5.17. The van der Waals surface area contributed by atoms with Crippen molar-refractivity contribution in [2.75, 3.05) is 7.11 Å². The molecule has 0 aliphatic carbocycles. The van der Waals surface area contributed by atoms with Gasteiger partial charge in [0.05, 0.1) is 7.11 Å². The Balaban J connectivity index is 2.52. The van der Waals surface area contributed by atoms with Crippen LogP contribution in [0.3, 0.4) is 0 Å². The van der Waals surface area contributed by atoms with Crippen molar-refractivity contribution in [3.63, 3.8) is 0 Å². The zero-order valence-electron chi connectivity index (χ0n) is 7.64. The van der Waals surface area contributed by atoms with Crippen LogP contribution in [-0.4, -0.2) is 10.9 Å². The van der Waals surface area contributed by atoms with Gasteiger partial charge in [-0.15, -0.1) is 0 Å². The summed E-state index contributed by atoms with van der Waals surface area (Å²) in [7, 11) is 1.63. The molecule has 0 saturated heterocycles. The minimum absolute atomic E-state index is 0.625. The zero-order valence-corrected chi connectivity index (χ0v) is 9.90. The van der Waals surface area contributed by atoms with Crippen LogP contribution in [0, 0.1) is 6.42 Å². The van der Waals surface area contributed by atoms with E-state index in [0.29, 0.717) is 6.42 Å². The van der Waals surface area contributed by atoms with E-state index in [1.807, 2.05) is 24.3 Å². The fourth-order valence-corrected chi connectivity index (χ4v) is 1.23. The van der Waals surface area contributed by atoms with Gasteiger partial charge in [0.1, 0.15) is 5.75 Å². The van der Waals surface area contributed by atoms with Crippen LogP contribution >= 0.6 is 34.8 Å². The van der Waals surface area contributed by atoms with E-state index in [9.17, 15) is 0 Å². The minimum atomic E-state index is -1.29. The molecule has 14 heavy (non-hydrogen) atoms. The lowest BCUT2D eigenvalue weighted by atomic mass is 10.1. The van der Waals surface area contributed by atoms with Crippen molar-refractivity contribution < 1.29 is 4.74 Å². The molecular formula is C10H10Cl3O. The van der Waals surface area contributed by atoms with Gasteiger partial charge in [-0.2, -0.15) is 0 Å². The highest BCUT2D eigenvalue weighted by Crippen LogP contribution is 2.30. The summed E-state index contributed by atoms with van der Waals surface area (Å²) in [4.78, 5) is 0. The van der Waals surface area contributed by atoms with Gasteiger partial charge in [-0.1, -0.05) is 46.9 Å². The van der Waals surface area contributed by atoms with Gasteiger partial charge >= 0.3 is 0 Å². The van der Waals surface area contributed by atoms with Gasteiger partial charge in [0.25, 0.3) is 0 Å². The summed E-state index contributed by atoms with van der Waals surface area (Å²) in [6.45, 7) is 0. The first-order valence-corrected chi connectivity index (χ1v) is 5.19. The Morgan fingerprint density at radius 2 is 1.79 bits per heavy atom. The first-order valence-electron chi connectivity index (χ1n) is 4.05. The van der Waals surface area contributed by atoms with Gasteiger partial charge in [-0.3, -0.25) is 0 Å². The molecule has 1 radical (unpaired) electrons. The van der Waals surface area contributed by atoms with Gasteiger partial charge in [-0.05, 0) is 24.1 Å². The van der Waals surface area contributed by atoms with E-state index in [-0.39, 0.29) is 0 Å². The van der Waals surface area contributed by atoms with Crippen LogP contribution in [0.1, 0.15) is 5.56 Å². The standard InChI is InChI=1S/C10H10Cl3O/c1-14-9-4-2-8(3-5-9)6-7-10(11,12)13/h2-5,7H,6H2,1H3. The maximum atomic E-state index is 5.59. The number of halogens is 3. The summed E-state index contributed by atoms with van der Waals surface area (Å²) in [5.74, 6) is 0.822. The lowest BCUT2D eigenvalue weighted by molar-refractivity contribution is 0.414. The number of hydrogen-bond donors (Lipinski definition) is 0. The molecule has 0 bridgehead atoms. The van der Waals surface area contributed by atoms with Crippen molar-refractivity contribution in [1.82, 2.24) is 0 Å². The molecule has 0 aliphatic rings. The summed E-state index contributed by atoms with van der Waals surface area (Å²) >= 11 is 16.8. The minimum Gasteiger partial charge on any atom is -0.497 e. The molecule has 0 aliphatic heterocycles. The van der Waals surface area contributed by atoms with Crippen LogP contribution in [0.15, 0.2) is 24.3 Å². The third kappa shape index (κ3) is 4.41. The second-order valence-electron chi connectivity index (χ2n) is 2.80. The number of alkyl halides is 3. The number of benzene rings is 1. The molecule has 77 valence electrons. The van der Waals surface area contributed by atoms with Crippen molar-refractivity contribution in [3.05, 3.63) is 36.2 Å². The Morgan fingerprint density at radius 3 is 2.21 bits per heavy atom. The highest BCUT2D eigenvalue weighted by molar-refractivity contribution is 6.68. The smallest absolute Gasteiger partial charge is 0.194 e. The zero-order chi connectivity index (χ0) is 10.6. The average Bonchev–Trinajstić information content (AvgIpc) is 2.14. The quantitative estimate of drug-likeness (QED) is 0.743.